The number of phenols is 1. The lowest BCUT2D eigenvalue weighted by molar-refractivity contribution is 0.166. The van der Waals surface area contributed by atoms with Crippen molar-refractivity contribution in [2.24, 2.45) is 0 Å². The Morgan fingerprint density at radius 3 is 2.94 bits per heavy atom. The first kappa shape index (κ1) is 10.7. The SMILES string of the molecule is Oc1cc2c(c(C3CCCN3)c1F)OCCO2. The summed E-state index contributed by atoms with van der Waals surface area (Å²) in [6, 6.07) is 1.18. The second kappa shape index (κ2) is 4.07. The van der Waals surface area contributed by atoms with Crippen molar-refractivity contribution in [1.29, 1.82) is 0 Å². The molecule has 1 atom stereocenters. The number of aromatic hydroxyl groups is 1. The summed E-state index contributed by atoms with van der Waals surface area (Å²) < 4.78 is 24.9. The van der Waals surface area contributed by atoms with Crippen molar-refractivity contribution in [2.45, 2.75) is 18.9 Å². The summed E-state index contributed by atoms with van der Waals surface area (Å²) in [5, 5.41) is 12.8. The fraction of sp³-hybridized carbons (Fsp3) is 0.500. The quantitative estimate of drug-likeness (QED) is 0.783. The van der Waals surface area contributed by atoms with E-state index in [9.17, 15) is 9.50 Å². The minimum Gasteiger partial charge on any atom is -0.505 e. The molecule has 17 heavy (non-hydrogen) atoms. The minimum absolute atomic E-state index is 0.0995. The molecule has 2 heterocycles. The van der Waals surface area contributed by atoms with E-state index >= 15 is 0 Å². The molecule has 4 nitrogen and oxygen atoms in total. The van der Waals surface area contributed by atoms with Gasteiger partial charge in [0.2, 0.25) is 0 Å². The molecule has 0 aromatic heterocycles. The van der Waals surface area contributed by atoms with Gasteiger partial charge >= 0.3 is 0 Å². The van der Waals surface area contributed by atoms with Crippen LogP contribution in [0.25, 0.3) is 0 Å². The van der Waals surface area contributed by atoms with Gasteiger partial charge in [0, 0.05) is 12.1 Å². The zero-order valence-corrected chi connectivity index (χ0v) is 9.33. The first-order chi connectivity index (χ1) is 8.27. The fourth-order valence-electron chi connectivity index (χ4n) is 2.42. The van der Waals surface area contributed by atoms with Gasteiger partial charge in [0.25, 0.3) is 0 Å². The molecule has 2 N–H and O–H groups in total. The molecule has 1 aromatic carbocycles. The molecule has 0 bridgehead atoms. The number of phenolic OH excluding ortho intramolecular Hbond substituents is 1. The highest BCUT2D eigenvalue weighted by Crippen LogP contribution is 2.44. The van der Waals surface area contributed by atoms with Crippen LogP contribution in [0.1, 0.15) is 24.4 Å². The van der Waals surface area contributed by atoms with Gasteiger partial charge in [-0.1, -0.05) is 0 Å². The lowest BCUT2D eigenvalue weighted by Gasteiger charge is -2.24. The molecule has 3 rings (SSSR count). The molecule has 2 aliphatic heterocycles. The Labute approximate surface area is 98.3 Å². The van der Waals surface area contributed by atoms with E-state index in [-0.39, 0.29) is 11.8 Å². The monoisotopic (exact) mass is 239 g/mol. The summed E-state index contributed by atoms with van der Waals surface area (Å²) >= 11 is 0. The number of hydrogen-bond acceptors (Lipinski definition) is 4. The van der Waals surface area contributed by atoms with Crippen LogP contribution in [0.15, 0.2) is 6.07 Å². The van der Waals surface area contributed by atoms with Crippen molar-refractivity contribution in [3.05, 3.63) is 17.4 Å². The molecule has 1 aromatic rings. The standard InChI is InChI=1S/C12H14FNO3/c13-11-8(15)6-9-12(17-5-4-16-9)10(11)7-2-1-3-14-7/h6-7,14-15H,1-5H2. The van der Waals surface area contributed by atoms with Crippen LogP contribution in [-0.4, -0.2) is 24.9 Å². The van der Waals surface area contributed by atoms with Crippen LogP contribution >= 0.6 is 0 Å². The van der Waals surface area contributed by atoms with Crippen LogP contribution in [0.2, 0.25) is 0 Å². The summed E-state index contributed by atoms with van der Waals surface area (Å²) in [5.41, 5.74) is 0.400. The van der Waals surface area contributed by atoms with E-state index in [1.807, 2.05) is 0 Å². The van der Waals surface area contributed by atoms with E-state index in [0.29, 0.717) is 30.3 Å². The third kappa shape index (κ3) is 1.70. The lowest BCUT2D eigenvalue weighted by Crippen LogP contribution is -2.21. The van der Waals surface area contributed by atoms with E-state index in [2.05, 4.69) is 5.32 Å². The Hall–Kier alpha value is -1.49. The maximum absolute atomic E-state index is 14.0. The molecular weight excluding hydrogens is 225 g/mol. The number of fused-ring (bicyclic) bond motifs is 1. The minimum atomic E-state index is -0.603. The Morgan fingerprint density at radius 2 is 2.18 bits per heavy atom. The third-order valence-electron chi connectivity index (χ3n) is 3.19. The molecule has 0 spiro atoms. The smallest absolute Gasteiger partial charge is 0.173 e. The maximum atomic E-state index is 14.0. The zero-order valence-electron chi connectivity index (χ0n) is 9.33. The number of benzene rings is 1. The van der Waals surface area contributed by atoms with E-state index in [1.165, 1.54) is 6.07 Å². The van der Waals surface area contributed by atoms with Crippen molar-refractivity contribution in [2.75, 3.05) is 19.8 Å². The van der Waals surface area contributed by atoms with Crippen molar-refractivity contribution >= 4 is 0 Å². The average molecular weight is 239 g/mol. The molecule has 1 saturated heterocycles. The van der Waals surface area contributed by atoms with Gasteiger partial charge in [-0.05, 0) is 19.4 Å². The molecule has 5 heteroatoms. The molecular formula is C12H14FNO3. The molecule has 92 valence electrons. The van der Waals surface area contributed by atoms with Gasteiger partial charge in [-0.3, -0.25) is 0 Å². The van der Waals surface area contributed by atoms with Crippen LogP contribution in [-0.2, 0) is 0 Å². The van der Waals surface area contributed by atoms with Gasteiger partial charge in [0.1, 0.15) is 13.2 Å². The number of halogens is 1. The summed E-state index contributed by atoms with van der Waals surface area (Å²) in [6.45, 7) is 1.70. The second-order valence-electron chi connectivity index (χ2n) is 4.30. The largest absolute Gasteiger partial charge is 0.505 e. The zero-order chi connectivity index (χ0) is 11.8. The van der Waals surface area contributed by atoms with Crippen LogP contribution in [0.4, 0.5) is 4.39 Å². The van der Waals surface area contributed by atoms with Crippen LogP contribution in [0, 0.1) is 5.82 Å². The van der Waals surface area contributed by atoms with E-state index < -0.39 is 5.82 Å². The van der Waals surface area contributed by atoms with Crippen molar-refractivity contribution in [3.8, 4) is 17.2 Å². The van der Waals surface area contributed by atoms with Gasteiger partial charge < -0.3 is 19.9 Å². The molecule has 2 aliphatic rings. The molecule has 1 unspecified atom stereocenters. The summed E-state index contributed by atoms with van der Waals surface area (Å²) in [6.07, 6.45) is 1.84. The van der Waals surface area contributed by atoms with E-state index in [4.69, 9.17) is 9.47 Å². The number of nitrogens with one attached hydrogen (secondary N) is 1. The van der Waals surface area contributed by atoms with Gasteiger partial charge in [-0.15, -0.1) is 0 Å². The maximum Gasteiger partial charge on any atom is 0.173 e. The topological polar surface area (TPSA) is 50.7 Å². The Balaban J connectivity index is 2.12. The fourth-order valence-corrected chi connectivity index (χ4v) is 2.42. The van der Waals surface area contributed by atoms with Crippen molar-refractivity contribution < 1.29 is 19.0 Å². The number of rotatable bonds is 1. The van der Waals surface area contributed by atoms with Crippen LogP contribution in [0.5, 0.6) is 17.2 Å². The van der Waals surface area contributed by atoms with Crippen molar-refractivity contribution in [1.82, 2.24) is 5.32 Å². The lowest BCUT2D eigenvalue weighted by atomic mass is 10.0. The Kier molecular flexibility index (Phi) is 2.55. The predicted octanol–water partition coefficient (Wildman–Crippen LogP) is 1.73. The van der Waals surface area contributed by atoms with Crippen LogP contribution in [0.3, 0.4) is 0 Å². The normalized spacial score (nSPS) is 22.8. The molecule has 0 saturated carbocycles. The van der Waals surface area contributed by atoms with Gasteiger partial charge in [0.05, 0.1) is 5.56 Å². The molecule has 1 fully saturated rings. The highest BCUT2D eigenvalue weighted by molar-refractivity contribution is 5.54. The summed E-state index contributed by atoms with van der Waals surface area (Å²) in [7, 11) is 0. The highest BCUT2D eigenvalue weighted by Gasteiger charge is 2.30. The molecule has 0 amide bonds. The number of ether oxygens (including phenoxy) is 2. The Morgan fingerprint density at radius 1 is 1.35 bits per heavy atom. The number of hydrogen-bond donors (Lipinski definition) is 2. The second-order valence-corrected chi connectivity index (χ2v) is 4.30. The predicted molar refractivity (Wildman–Crippen MR) is 59.0 cm³/mol. The third-order valence-corrected chi connectivity index (χ3v) is 3.19. The average Bonchev–Trinajstić information content (AvgIpc) is 2.84. The summed E-state index contributed by atoms with van der Waals surface area (Å²) in [4.78, 5) is 0. The first-order valence-electron chi connectivity index (χ1n) is 5.81. The van der Waals surface area contributed by atoms with E-state index in [1.54, 1.807) is 0 Å². The molecule has 0 aliphatic carbocycles. The van der Waals surface area contributed by atoms with E-state index in [0.717, 1.165) is 19.4 Å². The first-order valence-corrected chi connectivity index (χ1v) is 5.81. The highest BCUT2D eigenvalue weighted by atomic mass is 19.1. The molecule has 0 radical (unpaired) electrons. The van der Waals surface area contributed by atoms with Gasteiger partial charge in [0.15, 0.2) is 23.1 Å². The summed E-state index contributed by atoms with van der Waals surface area (Å²) in [5.74, 6) is -0.114. The van der Waals surface area contributed by atoms with Crippen LogP contribution < -0.4 is 14.8 Å². The van der Waals surface area contributed by atoms with Crippen molar-refractivity contribution in [3.63, 3.8) is 0 Å². The van der Waals surface area contributed by atoms with Gasteiger partial charge in [-0.2, -0.15) is 0 Å². The Bertz CT molecular complexity index is 444. The van der Waals surface area contributed by atoms with Gasteiger partial charge in [-0.25, -0.2) is 4.39 Å².